The molecule has 1 aromatic carbocycles. The molecule has 2 aliphatic carbocycles. The summed E-state index contributed by atoms with van der Waals surface area (Å²) in [5.41, 5.74) is 3.63. The van der Waals surface area contributed by atoms with E-state index in [1.54, 1.807) is 0 Å². The summed E-state index contributed by atoms with van der Waals surface area (Å²) in [6, 6.07) is 5.22. The van der Waals surface area contributed by atoms with Crippen molar-refractivity contribution in [2.75, 3.05) is 25.1 Å². The van der Waals surface area contributed by atoms with E-state index < -0.39 is 6.10 Å². The molecule has 1 amide bonds. The molecule has 6 unspecified atom stereocenters. The maximum absolute atomic E-state index is 13.6. The molecule has 0 spiro atoms. The highest BCUT2D eigenvalue weighted by molar-refractivity contribution is 6.02. The third-order valence-electron chi connectivity index (χ3n) is 8.48. The molecule has 0 radical (unpaired) electrons. The summed E-state index contributed by atoms with van der Waals surface area (Å²) in [5, 5.41) is 15.7. The Labute approximate surface area is 179 Å². The lowest BCUT2D eigenvalue weighted by Crippen LogP contribution is -2.68. The summed E-state index contributed by atoms with van der Waals surface area (Å²) in [4.78, 5) is 18.2. The van der Waals surface area contributed by atoms with E-state index in [9.17, 15) is 9.90 Å². The molecule has 6 nitrogen and oxygen atoms in total. The van der Waals surface area contributed by atoms with Crippen molar-refractivity contribution in [3.63, 3.8) is 0 Å². The fourth-order valence-corrected chi connectivity index (χ4v) is 7.15. The number of carbonyl (C=O) groups excluding carboxylic acids is 1. The van der Waals surface area contributed by atoms with Crippen LogP contribution in [0.15, 0.2) is 12.1 Å². The van der Waals surface area contributed by atoms with Gasteiger partial charge in [0.1, 0.15) is 0 Å². The maximum atomic E-state index is 13.6. The number of fused-ring (bicyclic) bond motifs is 5. The second kappa shape index (κ2) is 6.68. The van der Waals surface area contributed by atoms with E-state index in [4.69, 9.17) is 0 Å². The first kappa shape index (κ1) is 19.1. The van der Waals surface area contributed by atoms with Crippen LogP contribution in [0.25, 0.3) is 0 Å². The van der Waals surface area contributed by atoms with Gasteiger partial charge in [-0.1, -0.05) is 6.07 Å². The molecule has 4 fully saturated rings. The minimum absolute atomic E-state index is 0.0835. The number of carbonyl (C=O) groups is 1. The number of rotatable bonds is 3. The first-order valence-electron chi connectivity index (χ1n) is 11.8. The Morgan fingerprint density at radius 2 is 1.73 bits per heavy atom. The largest absolute Gasteiger partial charge is 0.389 e. The van der Waals surface area contributed by atoms with Crippen LogP contribution in [0, 0.1) is 18.8 Å². The Morgan fingerprint density at radius 3 is 2.30 bits per heavy atom. The third-order valence-corrected chi connectivity index (χ3v) is 8.48. The highest BCUT2D eigenvalue weighted by Gasteiger charge is 2.52. The smallest absolute Gasteiger partial charge is 0.258 e. The molecule has 2 saturated heterocycles. The zero-order chi connectivity index (χ0) is 20.7. The molecule has 3 heterocycles. The number of aliphatic hydroxyl groups excluding tert-OH is 1. The predicted octanol–water partition coefficient (Wildman–Crippen LogP) is 3.11. The average Bonchev–Trinajstić information content (AvgIpc) is 3.51. The van der Waals surface area contributed by atoms with E-state index in [2.05, 4.69) is 21.0 Å². The Kier molecular flexibility index (Phi) is 4.25. The van der Waals surface area contributed by atoms with Crippen LogP contribution in [0.4, 0.5) is 5.69 Å². The molecular formula is C24H34N4O2. The Balaban J connectivity index is 1.52. The number of benzene rings is 1. The molecule has 30 heavy (non-hydrogen) atoms. The van der Waals surface area contributed by atoms with Gasteiger partial charge in [0, 0.05) is 37.8 Å². The second-order valence-corrected chi connectivity index (χ2v) is 10.5. The standard InChI is InChI=1S/C24H34N4O2/c1-14-8-20(15(2)29)22-21(9-14)23(30)25(3)24(26-12-16-4-6-18(26)10-16)28(22)27-13-17-5-7-19(27)11-17/h8-9,15-19,24,29H,4-7,10-13H2,1-3H3. The van der Waals surface area contributed by atoms with Gasteiger partial charge in [0.15, 0.2) is 6.29 Å². The quantitative estimate of drug-likeness (QED) is 0.830. The Hall–Kier alpha value is -1.63. The molecule has 6 heteroatoms. The second-order valence-electron chi connectivity index (χ2n) is 10.5. The Bertz CT molecular complexity index is 886. The summed E-state index contributed by atoms with van der Waals surface area (Å²) in [6.45, 7) is 6.00. The van der Waals surface area contributed by atoms with Crippen molar-refractivity contribution in [3.8, 4) is 0 Å². The molecule has 0 aromatic heterocycles. The number of aliphatic hydroxyl groups is 1. The third kappa shape index (κ3) is 2.63. The van der Waals surface area contributed by atoms with Gasteiger partial charge < -0.3 is 10.0 Å². The van der Waals surface area contributed by atoms with Crippen LogP contribution >= 0.6 is 0 Å². The first-order chi connectivity index (χ1) is 14.4. The zero-order valence-electron chi connectivity index (χ0n) is 18.4. The number of piperidine rings is 2. The van der Waals surface area contributed by atoms with Gasteiger partial charge in [-0.15, -0.1) is 0 Å². The van der Waals surface area contributed by atoms with E-state index in [0.29, 0.717) is 12.1 Å². The number of hydrazine groups is 1. The van der Waals surface area contributed by atoms with Gasteiger partial charge in [-0.3, -0.25) is 14.7 Å². The summed E-state index contributed by atoms with van der Waals surface area (Å²) in [6.07, 6.45) is 6.98. The van der Waals surface area contributed by atoms with Gasteiger partial charge in [0.25, 0.3) is 5.91 Å². The molecule has 162 valence electrons. The van der Waals surface area contributed by atoms with Crippen molar-refractivity contribution < 1.29 is 9.90 Å². The van der Waals surface area contributed by atoms with Crippen molar-refractivity contribution in [3.05, 3.63) is 28.8 Å². The van der Waals surface area contributed by atoms with E-state index in [1.165, 1.54) is 38.5 Å². The number of nitrogens with zero attached hydrogens (tertiary/aromatic N) is 4. The van der Waals surface area contributed by atoms with Crippen LogP contribution in [0.5, 0.6) is 0 Å². The molecule has 1 aromatic rings. The first-order valence-corrected chi connectivity index (χ1v) is 11.8. The van der Waals surface area contributed by atoms with E-state index >= 15 is 0 Å². The topological polar surface area (TPSA) is 50.3 Å². The van der Waals surface area contributed by atoms with E-state index in [1.807, 2.05) is 31.9 Å². The number of hydrogen-bond donors (Lipinski definition) is 1. The summed E-state index contributed by atoms with van der Waals surface area (Å²) in [7, 11) is 1.98. The molecule has 6 atom stereocenters. The molecule has 4 bridgehead atoms. The van der Waals surface area contributed by atoms with Gasteiger partial charge >= 0.3 is 0 Å². The van der Waals surface area contributed by atoms with Crippen LogP contribution in [0.3, 0.4) is 0 Å². The molecule has 5 aliphatic rings. The monoisotopic (exact) mass is 410 g/mol. The lowest BCUT2D eigenvalue weighted by atomic mass is 9.96. The number of amides is 1. The summed E-state index contributed by atoms with van der Waals surface area (Å²) >= 11 is 0. The minimum Gasteiger partial charge on any atom is -0.389 e. The summed E-state index contributed by atoms with van der Waals surface area (Å²) < 4.78 is 0. The maximum Gasteiger partial charge on any atom is 0.258 e. The van der Waals surface area contributed by atoms with Crippen molar-refractivity contribution in [2.24, 2.45) is 11.8 Å². The van der Waals surface area contributed by atoms with Crippen LogP contribution in [-0.2, 0) is 0 Å². The molecule has 3 aliphatic heterocycles. The number of likely N-dealkylation sites (tertiary alicyclic amines) is 1. The van der Waals surface area contributed by atoms with Gasteiger partial charge in [-0.25, -0.2) is 5.01 Å². The van der Waals surface area contributed by atoms with Crippen LogP contribution in [0.1, 0.15) is 73.0 Å². The van der Waals surface area contributed by atoms with Crippen molar-refractivity contribution in [1.82, 2.24) is 14.8 Å². The average molecular weight is 411 g/mol. The predicted molar refractivity (Wildman–Crippen MR) is 116 cm³/mol. The van der Waals surface area contributed by atoms with Crippen molar-refractivity contribution in [2.45, 2.75) is 76.8 Å². The molecule has 1 N–H and O–H groups in total. The molecule has 2 saturated carbocycles. The number of anilines is 1. The van der Waals surface area contributed by atoms with Gasteiger partial charge in [-0.2, -0.15) is 0 Å². The van der Waals surface area contributed by atoms with Gasteiger partial charge in [0.2, 0.25) is 0 Å². The Morgan fingerprint density at radius 1 is 1.03 bits per heavy atom. The lowest BCUT2D eigenvalue weighted by Gasteiger charge is -2.54. The molecular weight excluding hydrogens is 376 g/mol. The van der Waals surface area contributed by atoms with Crippen LogP contribution in [-0.4, -0.2) is 64.3 Å². The highest BCUT2D eigenvalue weighted by atomic mass is 16.3. The van der Waals surface area contributed by atoms with Crippen molar-refractivity contribution >= 4 is 11.6 Å². The highest BCUT2D eigenvalue weighted by Crippen LogP contribution is 2.48. The minimum atomic E-state index is -0.604. The molecule has 6 rings (SSSR count). The lowest BCUT2D eigenvalue weighted by molar-refractivity contribution is -0.0111. The van der Waals surface area contributed by atoms with Crippen LogP contribution in [0.2, 0.25) is 0 Å². The van der Waals surface area contributed by atoms with Gasteiger partial charge in [-0.05, 0) is 75.8 Å². The fourth-order valence-electron chi connectivity index (χ4n) is 7.15. The van der Waals surface area contributed by atoms with Gasteiger partial charge in [0.05, 0.1) is 17.4 Å². The number of aryl methyl sites for hydroxylation is 1. The van der Waals surface area contributed by atoms with E-state index in [-0.39, 0.29) is 12.2 Å². The fraction of sp³-hybridized carbons (Fsp3) is 0.708. The van der Waals surface area contributed by atoms with E-state index in [0.717, 1.165) is 47.3 Å². The normalized spacial score (nSPS) is 36.8. The zero-order valence-corrected chi connectivity index (χ0v) is 18.4. The summed E-state index contributed by atoms with van der Waals surface area (Å²) in [5.74, 6) is 1.62. The SMILES string of the molecule is Cc1cc2c(c(C(C)O)c1)N(N1CC3CCC1C3)C(N1CC3CCC1C3)N(C)C2=O. The number of hydrogen-bond acceptors (Lipinski definition) is 5. The van der Waals surface area contributed by atoms with Crippen LogP contribution < -0.4 is 5.01 Å². The van der Waals surface area contributed by atoms with Crippen molar-refractivity contribution in [1.29, 1.82) is 0 Å².